The molecule has 0 radical (unpaired) electrons. The summed E-state index contributed by atoms with van der Waals surface area (Å²) < 4.78 is 13.8. The molecule has 25 heavy (non-hydrogen) atoms. The number of hydrogen-bond donors (Lipinski definition) is 4. The number of H-pyrrole nitrogens is 1. The summed E-state index contributed by atoms with van der Waals surface area (Å²) in [7, 11) is 0. The van der Waals surface area contributed by atoms with Gasteiger partial charge in [-0.25, -0.2) is 4.39 Å². The molecule has 0 bridgehead atoms. The van der Waals surface area contributed by atoms with E-state index in [2.05, 4.69) is 26.7 Å². The molecule has 2 heterocycles. The van der Waals surface area contributed by atoms with Crippen molar-refractivity contribution in [3.63, 3.8) is 0 Å². The Kier molecular flexibility index (Phi) is 4.38. The van der Waals surface area contributed by atoms with Crippen LogP contribution in [0.4, 0.5) is 15.8 Å². The second kappa shape index (κ2) is 6.82. The maximum absolute atomic E-state index is 13.8. The first-order chi connectivity index (χ1) is 12.3. The highest BCUT2D eigenvalue weighted by atomic mass is 19.1. The minimum absolute atomic E-state index is 0.137. The molecule has 1 aliphatic rings. The first kappa shape index (κ1) is 16.1. The van der Waals surface area contributed by atoms with Crippen LogP contribution in [0.5, 0.6) is 0 Å². The molecule has 0 saturated carbocycles. The lowest BCUT2D eigenvalue weighted by atomic mass is 9.91. The summed E-state index contributed by atoms with van der Waals surface area (Å²) in [6.45, 7) is 0.727. The molecule has 130 valence electrons. The van der Waals surface area contributed by atoms with E-state index in [4.69, 9.17) is 5.11 Å². The lowest BCUT2D eigenvalue weighted by Gasteiger charge is -2.23. The lowest BCUT2D eigenvalue weighted by molar-refractivity contribution is 0.280. The normalized spacial score (nSPS) is 16.8. The van der Waals surface area contributed by atoms with E-state index in [1.54, 1.807) is 12.3 Å². The van der Waals surface area contributed by atoms with Crippen LogP contribution in [-0.4, -0.2) is 28.2 Å². The van der Waals surface area contributed by atoms with Crippen LogP contribution in [0, 0.1) is 5.82 Å². The van der Waals surface area contributed by atoms with Crippen LogP contribution in [0.1, 0.15) is 30.1 Å². The molecule has 0 aliphatic heterocycles. The Morgan fingerprint density at radius 2 is 2.24 bits per heavy atom. The zero-order valence-electron chi connectivity index (χ0n) is 13.8. The van der Waals surface area contributed by atoms with E-state index in [9.17, 15) is 4.39 Å². The van der Waals surface area contributed by atoms with Crippen LogP contribution >= 0.6 is 0 Å². The number of nitrogens with one attached hydrogen (secondary N) is 3. The SMILES string of the molecule is OCCNC1CCCc2c1[nH]c1ccc(Nc3ccncc3F)cc21. The van der Waals surface area contributed by atoms with Crippen molar-refractivity contribution in [3.05, 3.63) is 53.7 Å². The molecule has 1 unspecified atom stereocenters. The third kappa shape index (κ3) is 3.10. The maximum atomic E-state index is 13.8. The molecule has 0 saturated heterocycles. The van der Waals surface area contributed by atoms with Gasteiger partial charge in [0.2, 0.25) is 0 Å². The predicted molar refractivity (Wildman–Crippen MR) is 96.5 cm³/mol. The number of pyridine rings is 1. The first-order valence-corrected chi connectivity index (χ1v) is 8.61. The zero-order chi connectivity index (χ0) is 17.2. The number of rotatable bonds is 5. The molecule has 0 fully saturated rings. The second-order valence-corrected chi connectivity index (χ2v) is 6.38. The van der Waals surface area contributed by atoms with Gasteiger partial charge in [0, 0.05) is 41.1 Å². The number of benzene rings is 1. The van der Waals surface area contributed by atoms with E-state index >= 15 is 0 Å². The van der Waals surface area contributed by atoms with Gasteiger partial charge < -0.3 is 20.7 Å². The van der Waals surface area contributed by atoms with E-state index in [-0.39, 0.29) is 18.5 Å². The van der Waals surface area contributed by atoms with Gasteiger partial charge in [-0.05, 0) is 49.1 Å². The van der Waals surface area contributed by atoms with Crippen molar-refractivity contribution in [3.8, 4) is 0 Å². The number of aliphatic hydroxyl groups is 1. The molecule has 0 amide bonds. The van der Waals surface area contributed by atoms with Crippen molar-refractivity contribution in [1.82, 2.24) is 15.3 Å². The fraction of sp³-hybridized carbons (Fsp3) is 0.316. The average Bonchev–Trinajstić information content (AvgIpc) is 3.00. The number of aromatic nitrogens is 2. The number of fused-ring (bicyclic) bond motifs is 3. The molecule has 1 aromatic carbocycles. The molecule has 5 nitrogen and oxygen atoms in total. The van der Waals surface area contributed by atoms with Gasteiger partial charge in [-0.15, -0.1) is 0 Å². The second-order valence-electron chi connectivity index (χ2n) is 6.38. The smallest absolute Gasteiger partial charge is 0.164 e. The minimum Gasteiger partial charge on any atom is -0.395 e. The number of aliphatic hydroxyl groups excluding tert-OH is 1. The van der Waals surface area contributed by atoms with Gasteiger partial charge in [-0.2, -0.15) is 0 Å². The monoisotopic (exact) mass is 340 g/mol. The Labute approximate surface area is 145 Å². The Bertz CT molecular complexity index is 892. The summed E-state index contributed by atoms with van der Waals surface area (Å²) in [6, 6.07) is 7.91. The van der Waals surface area contributed by atoms with Crippen LogP contribution in [0.25, 0.3) is 10.9 Å². The van der Waals surface area contributed by atoms with Crippen molar-refractivity contribution in [2.45, 2.75) is 25.3 Å². The van der Waals surface area contributed by atoms with Crippen LogP contribution in [0.15, 0.2) is 36.7 Å². The lowest BCUT2D eigenvalue weighted by Crippen LogP contribution is -2.27. The van der Waals surface area contributed by atoms with Gasteiger partial charge in [-0.1, -0.05) is 0 Å². The number of aromatic amines is 1. The van der Waals surface area contributed by atoms with E-state index in [0.29, 0.717) is 12.2 Å². The Morgan fingerprint density at radius 1 is 1.32 bits per heavy atom. The highest BCUT2D eigenvalue weighted by Crippen LogP contribution is 2.36. The van der Waals surface area contributed by atoms with E-state index in [1.807, 2.05) is 12.1 Å². The van der Waals surface area contributed by atoms with Crippen molar-refractivity contribution >= 4 is 22.3 Å². The fourth-order valence-corrected chi connectivity index (χ4v) is 3.62. The van der Waals surface area contributed by atoms with Gasteiger partial charge in [0.25, 0.3) is 0 Å². The Morgan fingerprint density at radius 3 is 3.08 bits per heavy atom. The molecule has 2 aromatic heterocycles. The Hall–Kier alpha value is -2.44. The highest BCUT2D eigenvalue weighted by Gasteiger charge is 2.23. The van der Waals surface area contributed by atoms with Gasteiger partial charge in [0.05, 0.1) is 18.5 Å². The Balaban J connectivity index is 1.68. The molecule has 4 rings (SSSR count). The number of hydrogen-bond acceptors (Lipinski definition) is 4. The van der Waals surface area contributed by atoms with Crippen LogP contribution < -0.4 is 10.6 Å². The topological polar surface area (TPSA) is 73.0 Å². The van der Waals surface area contributed by atoms with Crippen molar-refractivity contribution in [2.24, 2.45) is 0 Å². The molecule has 6 heteroatoms. The molecule has 1 aliphatic carbocycles. The van der Waals surface area contributed by atoms with Gasteiger partial charge in [-0.3, -0.25) is 4.98 Å². The first-order valence-electron chi connectivity index (χ1n) is 8.61. The van der Waals surface area contributed by atoms with Crippen LogP contribution in [0.3, 0.4) is 0 Å². The molecular weight excluding hydrogens is 319 g/mol. The number of nitrogens with zero attached hydrogens (tertiary/aromatic N) is 1. The number of anilines is 2. The molecule has 0 spiro atoms. The number of halogens is 1. The summed E-state index contributed by atoms with van der Waals surface area (Å²) in [4.78, 5) is 7.30. The fourth-order valence-electron chi connectivity index (χ4n) is 3.62. The quantitative estimate of drug-likeness (QED) is 0.574. The van der Waals surface area contributed by atoms with Crippen LogP contribution in [-0.2, 0) is 6.42 Å². The summed E-state index contributed by atoms with van der Waals surface area (Å²) in [5.41, 5.74) is 4.88. The minimum atomic E-state index is -0.369. The van der Waals surface area contributed by atoms with Crippen molar-refractivity contribution in [2.75, 3.05) is 18.5 Å². The summed E-state index contributed by atoms with van der Waals surface area (Å²) in [6.07, 6.45) is 5.97. The molecule has 3 aromatic rings. The van der Waals surface area contributed by atoms with Gasteiger partial charge in [0.1, 0.15) is 0 Å². The van der Waals surface area contributed by atoms with Gasteiger partial charge in [0.15, 0.2) is 5.82 Å². The summed E-state index contributed by atoms with van der Waals surface area (Å²) in [5, 5.41) is 16.8. The van der Waals surface area contributed by atoms with Crippen LogP contribution in [0.2, 0.25) is 0 Å². The van der Waals surface area contributed by atoms with Gasteiger partial charge >= 0.3 is 0 Å². The largest absolute Gasteiger partial charge is 0.395 e. The van der Waals surface area contributed by atoms with E-state index < -0.39 is 0 Å². The highest BCUT2D eigenvalue weighted by molar-refractivity contribution is 5.89. The standard InChI is InChI=1S/C19H21FN4O/c20-15-11-21-7-6-17(15)23-12-4-5-16-14(10-12)13-2-1-3-18(19(13)24-16)22-8-9-25/h4-7,10-11,18,22,24-25H,1-3,8-9H2,(H,21,23). The molecular formula is C19H21FN4O. The summed E-state index contributed by atoms with van der Waals surface area (Å²) >= 11 is 0. The van der Waals surface area contributed by atoms with E-state index in [0.717, 1.165) is 30.5 Å². The third-order valence-electron chi connectivity index (χ3n) is 4.76. The molecule has 4 N–H and O–H groups in total. The molecule has 1 atom stereocenters. The van der Waals surface area contributed by atoms with Crippen molar-refractivity contribution in [1.29, 1.82) is 0 Å². The van der Waals surface area contributed by atoms with Crippen molar-refractivity contribution < 1.29 is 9.50 Å². The van der Waals surface area contributed by atoms with E-state index in [1.165, 1.54) is 22.8 Å². The maximum Gasteiger partial charge on any atom is 0.164 e. The summed E-state index contributed by atoms with van der Waals surface area (Å²) in [5.74, 6) is -0.369. The average molecular weight is 340 g/mol. The number of aryl methyl sites for hydroxylation is 1. The third-order valence-corrected chi connectivity index (χ3v) is 4.76. The zero-order valence-corrected chi connectivity index (χ0v) is 13.8. The predicted octanol–water partition coefficient (Wildman–Crippen LogP) is 3.40.